The fraction of sp³-hybridized carbons (Fsp3) is 0.647. The highest BCUT2D eigenvalue weighted by molar-refractivity contribution is 7.99. The van der Waals surface area contributed by atoms with Gasteiger partial charge in [-0.15, -0.1) is 0 Å². The van der Waals surface area contributed by atoms with Crippen LogP contribution in [0.2, 0.25) is 0 Å². The summed E-state index contributed by atoms with van der Waals surface area (Å²) in [5.41, 5.74) is 1.64. The van der Waals surface area contributed by atoms with Crippen LogP contribution < -0.4 is 14.8 Å². The van der Waals surface area contributed by atoms with Crippen LogP contribution in [-0.2, 0) is 0 Å². The standard InChI is InChI=1S/C17H25NO2S/c1-12(18-16-11-21-9-6-17(16,2)3)13-4-5-14-15(10-13)20-8-7-19-14/h4-5,10,12,16,18H,6-9,11H2,1-3H3. The Bertz CT molecular complexity index is 504. The largest absolute Gasteiger partial charge is 0.486 e. The minimum atomic E-state index is 0.323. The van der Waals surface area contributed by atoms with Crippen molar-refractivity contribution in [2.24, 2.45) is 5.41 Å². The van der Waals surface area contributed by atoms with E-state index >= 15 is 0 Å². The molecule has 1 saturated heterocycles. The molecule has 0 aliphatic carbocycles. The van der Waals surface area contributed by atoms with E-state index in [0.29, 0.717) is 30.7 Å². The lowest BCUT2D eigenvalue weighted by molar-refractivity contribution is 0.171. The summed E-state index contributed by atoms with van der Waals surface area (Å²) in [6.45, 7) is 8.28. The molecule has 116 valence electrons. The maximum absolute atomic E-state index is 5.69. The molecule has 2 aliphatic heterocycles. The number of rotatable bonds is 3. The summed E-state index contributed by atoms with van der Waals surface area (Å²) in [5, 5.41) is 3.81. The van der Waals surface area contributed by atoms with E-state index in [1.54, 1.807) is 0 Å². The number of ether oxygens (including phenoxy) is 2. The molecule has 0 aromatic heterocycles. The van der Waals surface area contributed by atoms with E-state index in [1.807, 2.05) is 6.07 Å². The predicted octanol–water partition coefficient (Wildman–Crippen LogP) is 3.64. The summed E-state index contributed by atoms with van der Waals surface area (Å²) in [5.74, 6) is 4.22. The predicted molar refractivity (Wildman–Crippen MR) is 88.5 cm³/mol. The third-order valence-electron chi connectivity index (χ3n) is 4.64. The quantitative estimate of drug-likeness (QED) is 0.923. The van der Waals surface area contributed by atoms with Gasteiger partial charge >= 0.3 is 0 Å². The van der Waals surface area contributed by atoms with Gasteiger partial charge in [0.05, 0.1) is 0 Å². The first-order chi connectivity index (χ1) is 10.1. The molecule has 0 saturated carbocycles. The third-order valence-corrected chi connectivity index (χ3v) is 5.70. The van der Waals surface area contributed by atoms with Crippen molar-refractivity contribution in [1.29, 1.82) is 0 Å². The van der Waals surface area contributed by atoms with Crippen LogP contribution in [-0.4, -0.2) is 30.8 Å². The Hall–Kier alpha value is -0.870. The molecule has 0 spiro atoms. The normalized spacial score (nSPS) is 25.4. The van der Waals surface area contributed by atoms with Crippen LogP contribution in [0.1, 0.15) is 38.8 Å². The van der Waals surface area contributed by atoms with Crippen LogP contribution in [0, 0.1) is 5.41 Å². The molecule has 1 N–H and O–H groups in total. The number of hydrogen-bond acceptors (Lipinski definition) is 4. The van der Waals surface area contributed by atoms with E-state index in [9.17, 15) is 0 Å². The molecule has 2 aliphatic rings. The molecule has 4 heteroatoms. The topological polar surface area (TPSA) is 30.5 Å². The summed E-state index contributed by atoms with van der Waals surface area (Å²) in [7, 11) is 0. The van der Waals surface area contributed by atoms with Gasteiger partial charge in [0.25, 0.3) is 0 Å². The molecule has 0 radical (unpaired) electrons. The van der Waals surface area contributed by atoms with E-state index in [1.165, 1.54) is 23.5 Å². The monoisotopic (exact) mass is 307 g/mol. The summed E-state index contributed by atoms with van der Waals surface area (Å²) >= 11 is 2.06. The Morgan fingerprint density at radius 1 is 1.24 bits per heavy atom. The Labute approximate surface area is 131 Å². The second-order valence-corrected chi connectivity index (χ2v) is 7.81. The van der Waals surface area contributed by atoms with Crippen LogP contribution in [0.3, 0.4) is 0 Å². The molecule has 1 aromatic carbocycles. The average Bonchev–Trinajstić information content (AvgIpc) is 2.48. The average molecular weight is 307 g/mol. The SMILES string of the molecule is CC(NC1CSCCC1(C)C)c1ccc2c(c1)OCCO2. The number of fused-ring (bicyclic) bond motifs is 1. The Morgan fingerprint density at radius 2 is 2.00 bits per heavy atom. The van der Waals surface area contributed by atoms with Crippen LogP contribution in [0.15, 0.2) is 18.2 Å². The number of benzene rings is 1. The van der Waals surface area contributed by atoms with Gasteiger partial charge in [-0.3, -0.25) is 0 Å². The minimum Gasteiger partial charge on any atom is -0.486 e. The second kappa shape index (κ2) is 6.09. The van der Waals surface area contributed by atoms with Gasteiger partial charge in [-0.2, -0.15) is 11.8 Å². The van der Waals surface area contributed by atoms with Crippen molar-refractivity contribution in [2.45, 2.75) is 39.3 Å². The van der Waals surface area contributed by atoms with Crippen molar-refractivity contribution < 1.29 is 9.47 Å². The molecule has 0 amide bonds. The molecule has 0 bridgehead atoms. The molecule has 1 aromatic rings. The Kier molecular flexibility index (Phi) is 4.36. The zero-order valence-corrected chi connectivity index (χ0v) is 14.0. The van der Waals surface area contributed by atoms with Gasteiger partial charge in [0, 0.05) is 17.8 Å². The summed E-state index contributed by atoms with van der Waals surface area (Å²) in [6.07, 6.45) is 1.28. The number of hydrogen-bond donors (Lipinski definition) is 1. The molecule has 21 heavy (non-hydrogen) atoms. The summed E-state index contributed by atoms with van der Waals surface area (Å²) in [4.78, 5) is 0. The first kappa shape index (κ1) is 15.0. The van der Waals surface area contributed by atoms with Crippen LogP contribution in [0.25, 0.3) is 0 Å². The summed E-state index contributed by atoms with van der Waals surface area (Å²) < 4.78 is 11.3. The van der Waals surface area contributed by atoms with Gasteiger partial charge < -0.3 is 14.8 Å². The van der Waals surface area contributed by atoms with Crippen molar-refractivity contribution >= 4 is 11.8 Å². The zero-order valence-electron chi connectivity index (χ0n) is 13.1. The summed E-state index contributed by atoms with van der Waals surface area (Å²) in [6, 6.07) is 7.18. The van der Waals surface area contributed by atoms with E-state index in [2.05, 4.69) is 50.0 Å². The van der Waals surface area contributed by atoms with E-state index in [0.717, 1.165) is 11.5 Å². The van der Waals surface area contributed by atoms with Gasteiger partial charge in [0.15, 0.2) is 11.5 Å². The maximum Gasteiger partial charge on any atom is 0.161 e. The fourth-order valence-electron chi connectivity index (χ4n) is 2.94. The lowest BCUT2D eigenvalue weighted by Crippen LogP contribution is -2.47. The molecular formula is C17H25NO2S. The molecule has 2 atom stereocenters. The van der Waals surface area contributed by atoms with E-state index in [4.69, 9.17) is 9.47 Å². The van der Waals surface area contributed by atoms with Gasteiger partial charge in [-0.1, -0.05) is 19.9 Å². The van der Waals surface area contributed by atoms with Crippen LogP contribution in [0.4, 0.5) is 0 Å². The molecular weight excluding hydrogens is 282 g/mol. The van der Waals surface area contributed by atoms with Crippen molar-refractivity contribution in [2.75, 3.05) is 24.7 Å². The van der Waals surface area contributed by atoms with Gasteiger partial charge in [-0.25, -0.2) is 0 Å². The number of nitrogens with one attached hydrogen (secondary N) is 1. The lowest BCUT2D eigenvalue weighted by atomic mass is 9.81. The molecule has 3 nitrogen and oxygen atoms in total. The van der Waals surface area contributed by atoms with E-state index in [-0.39, 0.29) is 0 Å². The van der Waals surface area contributed by atoms with Gasteiger partial charge in [-0.05, 0) is 42.2 Å². The highest BCUT2D eigenvalue weighted by atomic mass is 32.2. The molecule has 2 unspecified atom stereocenters. The lowest BCUT2D eigenvalue weighted by Gasteiger charge is -2.40. The second-order valence-electron chi connectivity index (χ2n) is 6.66. The van der Waals surface area contributed by atoms with Crippen molar-refractivity contribution in [1.82, 2.24) is 5.32 Å². The number of thioether (sulfide) groups is 1. The highest BCUT2D eigenvalue weighted by Crippen LogP contribution is 2.37. The van der Waals surface area contributed by atoms with E-state index < -0.39 is 0 Å². The van der Waals surface area contributed by atoms with Gasteiger partial charge in [0.2, 0.25) is 0 Å². The smallest absolute Gasteiger partial charge is 0.161 e. The molecule has 1 fully saturated rings. The highest BCUT2D eigenvalue weighted by Gasteiger charge is 2.33. The molecule has 2 heterocycles. The van der Waals surface area contributed by atoms with Crippen molar-refractivity contribution in [3.8, 4) is 11.5 Å². The zero-order chi connectivity index (χ0) is 14.9. The first-order valence-electron chi connectivity index (χ1n) is 7.79. The third kappa shape index (κ3) is 3.32. The van der Waals surface area contributed by atoms with Crippen LogP contribution >= 0.6 is 11.8 Å². The van der Waals surface area contributed by atoms with Gasteiger partial charge in [0.1, 0.15) is 13.2 Å². The van der Waals surface area contributed by atoms with Crippen molar-refractivity contribution in [3.05, 3.63) is 23.8 Å². The Morgan fingerprint density at radius 3 is 2.76 bits per heavy atom. The van der Waals surface area contributed by atoms with Crippen molar-refractivity contribution in [3.63, 3.8) is 0 Å². The Balaban J connectivity index is 1.71. The van der Waals surface area contributed by atoms with Crippen LogP contribution in [0.5, 0.6) is 11.5 Å². The molecule has 3 rings (SSSR count). The maximum atomic E-state index is 5.69. The minimum absolute atomic E-state index is 0.323. The fourth-order valence-corrected chi connectivity index (χ4v) is 4.56. The first-order valence-corrected chi connectivity index (χ1v) is 8.95.